The fourth-order valence-corrected chi connectivity index (χ4v) is 2.81. The predicted molar refractivity (Wildman–Crippen MR) is 93.4 cm³/mol. The summed E-state index contributed by atoms with van der Waals surface area (Å²) in [6.45, 7) is 6.91. The molecule has 0 saturated carbocycles. The number of aliphatic hydroxyl groups is 1. The van der Waals surface area contributed by atoms with Crippen LogP contribution >= 0.6 is 0 Å². The molecule has 126 valence electrons. The first-order valence-corrected chi connectivity index (χ1v) is 8.11. The van der Waals surface area contributed by atoms with E-state index in [-0.39, 0.29) is 13.2 Å². The normalized spacial score (nSPS) is 14.8. The van der Waals surface area contributed by atoms with E-state index in [9.17, 15) is 5.11 Å². The zero-order valence-corrected chi connectivity index (χ0v) is 14.2. The van der Waals surface area contributed by atoms with Gasteiger partial charge < -0.3 is 20.3 Å². The molecule has 0 bridgehead atoms. The Labute approximate surface area is 138 Å². The van der Waals surface area contributed by atoms with Crippen molar-refractivity contribution in [3.05, 3.63) is 48.0 Å². The van der Waals surface area contributed by atoms with Crippen LogP contribution in [0.3, 0.4) is 0 Å². The molecule has 2 aromatic carbocycles. The predicted octanol–water partition coefficient (Wildman–Crippen LogP) is 2.82. The number of hydrogen-bond donors (Lipinski definition) is 2. The maximum Gasteiger partial charge on any atom is 0.133 e. The van der Waals surface area contributed by atoms with Gasteiger partial charge in [0.25, 0.3) is 0 Å². The number of rotatable bonds is 8. The van der Waals surface area contributed by atoms with Crippen molar-refractivity contribution >= 4 is 10.8 Å². The first-order chi connectivity index (χ1) is 11.0. The summed E-state index contributed by atoms with van der Waals surface area (Å²) in [6, 6.07) is 14.0. The van der Waals surface area contributed by atoms with Crippen LogP contribution in [0.25, 0.3) is 10.8 Å². The van der Waals surface area contributed by atoms with Gasteiger partial charge in [0.05, 0.1) is 18.8 Å². The van der Waals surface area contributed by atoms with Gasteiger partial charge in [0.2, 0.25) is 0 Å². The van der Waals surface area contributed by atoms with Crippen molar-refractivity contribution in [2.75, 3.05) is 26.4 Å². The number of fused-ring (bicyclic) bond motifs is 1. The average molecular weight is 317 g/mol. The Morgan fingerprint density at radius 3 is 2.13 bits per heavy atom. The van der Waals surface area contributed by atoms with Crippen molar-refractivity contribution in [2.45, 2.75) is 31.9 Å². The minimum atomic E-state index is -1.32. The van der Waals surface area contributed by atoms with Gasteiger partial charge in [-0.25, -0.2) is 0 Å². The molecule has 0 aliphatic carbocycles. The standard InChI is InChI=1S/C19H27NO3/c1-4-22-13-19(21,14-23-5-2)18(3,20)17-12-8-10-15-9-6-7-11-16(15)17/h6-12,21H,4-5,13-14,20H2,1-3H3. The molecular formula is C19H27NO3. The molecule has 4 heteroatoms. The van der Waals surface area contributed by atoms with Crippen LogP contribution in [-0.4, -0.2) is 37.1 Å². The highest BCUT2D eigenvalue weighted by Gasteiger charge is 2.46. The highest BCUT2D eigenvalue weighted by atomic mass is 16.5. The molecule has 1 unspecified atom stereocenters. The Kier molecular flexibility index (Phi) is 5.76. The summed E-state index contributed by atoms with van der Waals surface area (Å²) >= 11 is 0. The van der Waals surface area contributed by atoms with Crippen LogP contribution in [0.15, 0.2) is 42.5 Å². The van der Waals surface area contributed by atoms with Crippen molar-refractivity contribution in [1.82, 2.24) is 0 Å². The molecule has 0 aliphatic rings. The average Bonchev–Trinajstić information content (AvgIpc) is 2.57. The van der Waals surface area contributed by atoms with Crippen molar-refractivity contribution < 1.29 is 14.6 Å². The minimum absolute atomic E-state index is 0.125. The van der Waals surface area contributed by atoms with E-state index in [0.717, 1.165) is 16.3 Å². The van der Waals surface area contributed by atoms with Crippen LogP contribution < -0.4 is 5.73 Å². The second kappa shape index (κ2) is 7.41. The lowest BCUT2D eigenvalue weighted by atomic mass is 9.75. The second-order valence-electron chi connectivity index (χ2n) is 6.03. The molecule has 2 rings (SSSR count). The fraction of sp³-hybridized carbons (Fsp3) is 0.474. The van der Waals surface area contributed by atoms with Gasteiger partial charge in [0.15, 0.2) is 0 Å². The zero-order chi connectivity index (χ0) is 16.9. The third-order valence-corrected chi connectivity index (χ3v) is 4.41. The summed E-state index contributed by atoms with van der Waals surface area (Å²) in [7, 11) is 0. The first-order valence-electron chi connectivity index (χ1n) is 8.11. The SMILES string of the molecule is CCOCC(O)(COCC)C(C)(N)c1cccc2ccccc12. The Balaban J connectivity index is 2.50. The van der Waals surface area contributed by atoms with E-state index in [2.05, 4.69) is 0 Å². The molecule has 0 saturated heterocycles. The number of benzene rings is 2. The summed E-state index contributed by atoms with van der Waals surface area (Å²) in [4.78, 5) is 0. The van der Waals surface area contributed by atoms with Crippen LogP contribution in [0.4, 0.5) is 0 Å². The molecule has 0 spiro atoms. The van der Waals surface area contributed by atoms with Crippen LogP contribution in [0.5, 0.6) is 0 Å². The summed E-state index contributed by atoms with van der Waals surface area (Å²) < 4.78 is 11.0. The van der Waals surface area contributed by atoms with Gasteiger partial charge in [0.1, 0.15) is 5.60 Å². The van der Waals surface area contributed by atoms with E-state index >= 15 is 0 Å². The molecule has 3 N–H and O–H groups in total. The summed E-state index contributed by atoms with van der Waals surface area (Å²) in [5, 5.41) is 13.4. The molecule has 4 nitrogen and oxygen atoms in total. The van der Waals surface area contributed by atoms with E-state index in [1.165, 1.54) is 0 Å². The fourth-order valence-electron chi connectivity index (χ4n) is 2.81. The van der Waals surface area contributed by atoms with Crippen molar-refractivity contribution in [1.29, 1.82) is 0 Å². The highest BCUT2D eigenvalue weighted by molar-refractivity contribution is 5.86. The Hall–Kier alpha value is -1.46. The van der Waals surface area contributed by atoms with Crippen LogP contribution in [-0.2, 0) is 15.0 Å². The van der Waals surface area contributed by atoms with Gasteiger partial charge in [-0.2, -0.15) is 0 Å². The second-order valence-corrected chi connectivity index (χ2v) is 6.03. The Bertz CT molecular complexity index is 626. The van der Waals surface area contributed by atoms with Gasteiger partial charge in [-0.1, -0.05) is 42.5 Å². The van der Waals surface area contributed by atoms with E-state index in [4.69, 9.17) is 15.2 Å². The maximum absolute atomic E-state index is 11.2. The van der Waals surface area contributed by atoms with Crippen LogP contribution in [0, 0.1) is 0 Å². The molecule has 0 fully saturated rings. The topological polar surface area (TPSA) is 64.7 Å². The van der Waals surface area contributed by atoms with Crippen molar-refractivity contribution in [2.24, 2.45) is 5.73 Å². The Morgan fingerprint density at radius 2 is 1.52 bits per heavy atom. The van der Waals surface area contributed by atoms with E-state index in [1.54, 1.807) is 0 Å². The summed E-state index contributed by atoms with van der Waals surface area (Å²) in [5.74, 6) is 0. The lowest BCUT2D eigenvalue weighted by Crippen LogP contribution is -2.61. The van der Waals surface area contributed by atoms with Gasteiger partial charge in [-0.05, 0) is 37.1 Å². The van der Waals surface area contributed by atoms with E-state index in [1.807, 2.05) is 63.2 Å². The van der Waals surface area contributed by atoms with Gasteiger partial charge in [-0.15, -0.1) is 0 Å². The third kappa shape index (κ3) is 3.56. The lowest BCUT2D eigenvalue weighted by Gasteiger charge is -2.42. The lowest BCUT2D eigenvalue weighted by molar-refractivity contribution is -0.133. The Morgan fingerprint density at radius 1 is 0.957 bits per heavy atom. The molecule has 0 aromatic heterocycles. The molecular weight excluding hydrogens is 290 g/mol. The first kappa shape index (κ1) is 17.9. The summed E-state index contributed by atoms with van der Waals surface area (Å²) in [5.41, 5.74) is 5.21. The minimum Gasteiger partial charge on any atom is -0.383 e. The third-order valence-electron chi connectivity index (χ3n) is 4.41. The number of nitrogens with two attached hydrogens (primary N) is 1. The molecule has 2 aromatic rings. The van der Waals surface area contributed by atoms with Gasteiger partial charge in [0, 0.05) is 13.2 Å². The molecule has 23 heavy (non-hydrogen) atoms. The van der Waals surface area contributed by atoms with Gasteiger partial charge >= 0.3 is 0 Å². The summed E-state index contributed by atoms with van der Waals surface area (Å²) in [6.07, 6.45) is 0. The van der Waals surface area contributed by atoms with Crippen molar-refractivity contribution in [3.63, 3.8) is 0 Å². The zero-order valence-electron chi connectivity index (χ0n) is 14.2. The maximum atomic E-state index is 11.2. The smallest absolute Gasteiger partial charge is 0.133 e. The monoisotopic (exact) mass is 317 g/mol. The molecule has 0 aliphatic heterocycles. The van der Waals surface area contributed by atoms with Crippen molar-refractivity contribution in [3.8, 4) is 0 Å². The molecule has 0 amide bonds. The largest absolute Gasteiger partial charge is 0.383 e. The van der Waals surface area contributed by atoms with Crippen LogP contribution in [0.2, 0.25) is 0 Å². The highest BCUT2D eigenvalue weighted by Crippen LogP contribution is 2.35. The quantitative estimate of drug-likeness (QED) is 0.786. The number of hydrogen-bond acceptors (Lipinski definition) is 4. The van der Waals surface area contributed by atoms with E-state index < -0.39 is 11.1 Å². The van der Waals surface area contributed by atoms with E-state index in [0.29, 0.717) is 13.2 Å². The molecule has 0 radical (unpaired) electrons. The number of ether oxygens (including phenoxy) is 2. The van der Waals surface area contributed by atoms with Gasteiger partial charge in [-0.3, -0.25) is 0 Å². The molecule has 0 heterocycles. The van der Waals surface area contributed by atoms with Crippen LogP contribution in [0.1, 0.15) is 26.3 Å². The molecule has 1 atom stereocenters.